The minimum Gasteiger partial charge on any atom is -0.484 e. The van der Waals surface area contributed by atoms with Gasteiger partial charge >= 0.3 is 6.03 Å². The molecule has 0 atom stereocenters. The Hall–Kier alpha value is -3.35. The fourth-order valence-electron chi connectivity index (χ4n) is 2.71. The number of amides is 2. The highest BCUT2D eigenvalue weighted by atomic mass is 16.5. The van der Waals surface area contributed by atoms with Crippen LogP contribution in [0.4, 0.5) is 10.5 Å². The molecule has 0 aliphatic rings. The molecule has 1 N–H and O–H groups in total. The molecule has 0 saturated heterocycles. The Labute approximate surface area is 170 Å². The number of aromatic nitrogens is 2. The lowest BCUT2D eigenvalue weighted by Crippen LogP contribution is -2.33. The van der Waals surface area contributed by atoms with E-state index in [2.05, 4.69) is 22.4 Å². The number of aryl methyl sites for hydroxylation is 3. The van der Waals surface area contributed by atoms with Gasteiger partial charge in [0.2, 0.25) is 0 Å². The van der Waals surface area contributed by atoms with Gasteiger partial charge in [0.05, 0.1) is 0 Å². The number of likely N-dealkylation sites (N-methyl/N-ethyl adjacent to an activating group) is 1. The highest BCUT2D eigenvalue weighted by Crippen LogP contribution is 2.17. The maximum atomic E-state index is 12.3. The predicted molar refractivity (Wildman–Crippen MR) is 111 cm³/mol. The van der Waals surface area contributed by atoms with Crippen molar-refractivity contribution >= 4 is 11.7 Å². The SMILES string of the molecule is Cc1cccc(NC(=O)N(C)CCc2noc(COc3ccc(C)c(C)c3)n2)c1. The summed E-state index contributed by atoms with van der Waals surface area (Å²) in [5, 5.41) is 6.84. The molecule has 0 fully saturated rings. The lowest BCUT2D eigenvalue weighted by atomic mass is 10.1. The molecule has 29 heavy (non-hydrogen) atoms. The minimum absolute atomic E-state index is 0.183. The van der Waals surface area contributed by atoms with Crippen molar-refractivity contribution in [3.05, 3.63) is 70.9 Å². The standard InChI is InChI=1S/C22H26N4O3/c1-15-6-5-7-18(12-15)23-22(27)26(4)11-10-20-24-21(29-25-20)14-28-19-9-8-16(2)17(3)13-19/h5-9,12-13H,10-11,14H2,1-4H3,(H,23,27). The zero-order chi connectivity index (χ0) is 20.8. The number of anilines is 1. The van der Waals surface area contributed by atoms with Gasteiger partial charge in [0.25, 0.3) is 5.89 Å². The molecule has 0 saturated carbocycles. The third-order valence-corrected chi connectivity index (χ3v) is 4.64. The number of nitrogens with one attached hydrogen (secondary N) is 1. The first-order valence-corrected chi connectivity index (χ1v) is 9.51. The Kier molecular flexibility index (Phi) is 6.49. The van der Waals surface area contributed by atoms with Crippen LogP contribution in [0.15, 0.2) is 47.0 Å². The summed E-state index contributed by atoms with van der Waals surface area (Å²) in [6.45, 7) is 6.75. The molecule has 0 bridgehead atoms. The number of hydrogen-bond donors (Lipinski definition) is 1. The first kappa shape index (κ1) is 20.4. The fourth-order valence-corrected chi connectivity index (χ4v) is 2.71. The van der Waals surface area contributed by atoms with E-state index in [1.165, 1.54) is 11.1 Å². The topological polar surface area (TPSA) is 80.5 Å². The Morgan fingerprint density at radius 2 is 1.97 bits per heavy atom. The van der Waals surface area contributed by atoms with E-state index in [4.69, 9.17) is 9.26 Å². The van der Waals surface area contributed by atoms with Gasteiger partial charge in [-0.3, -0.25) is 0 Å². The van der Waals surface area contributed by atoms with Crippen LogP contribution >= 0.6 is 0 Å². The molecule has 152 valence electrons. The second-order valence-corrected chi connectivity index (χ2v) is 7.11. The van der Waals surface area contributed by atoms with Crippen LogP contribution in [0.5, 0.6) is 5.75 Å². The summed E-state index contributed by atoms with van der Waals surface area (Å²) < 4.78 is 10.9. The number of ether oxygens (including phenoxy) is 1. The summed E-state index contributed by atoms with van der Waals surface area (Å²) in [5.74, 6) is 1.71. The van der Waals surface area contributed by atoms with E-state index in [1.807, 2.05) is 56.3 Å². The number of carbonyl (C=O) groups excluding carboxylic acids is 1. The third kappa shape index (κ3) is 5.81. The van der Waals surface area contributed by atoms with Crippen molar-refractivity contribution in [3.63, 3.8) is 0 Å². The molecule has 0 unspecified atom stereocenters. The van der Waals surface area contributed by atoms with Gasteiger partial charge in [0.15, 0.2) is 12.4 Å². The summed E-state index contributed by atoms with van der Waals surface area (Å²) in [5.41, 5.74) is 4.24. The van der Waals surface area contributed by atoms with Crippen molar-refractivity contribution in [2.45, 2.75) is 33.8 Å². The number of hydrogen-bond acceptors (Lipinski definition) is 5. The van der Waals surface area contributed by atoms with Gasteiger partial charge in [0, 0.05) is 25.7 Å². The monoisotopic (exact) mass is 394 g/mol. The average Bonchev–Trinajstić information content (AvgIpc) is 3.15. The number of benzene rings is 2. The largest absolute Gasteiger partial charge is 0.484 e. The Morgan fingerprint density at radius 3 is 2.72 bits per heavy atom. The van der Waals surface area contributed by atoms with Crippen molar-refractivity contribution in [1.29, 1.82) is 0 Å². The molecule has 3 rings (SSSR count). The normalized spacial score (nSPS) is 10.6. The molecule has 3 aromatic rings. The van der Waals surface area contributed by atoms with Crippen molar-refractivity contribution in [3.8, 4) is 5.75 Å². The summed E-state index contributed by atoms with van der Waals surface area (Å²) >= 11 is 0. The number of urea groups is 1. The molecule has 0 aliphatic carbocycles. The van der Waals surface area contributed by atoms with E-state index in [9.17, 15) is 4.79 Å². The molecule has 0 spiro atoms. The van der Waals surface area contributed by atoms with E-state index in [-0.39, 0.29) is 12.6 Å². The maximum absolute atomic E-state index is 12.3. The van der Waals surface area contributed by atoms with Crippen LogP contribution in [0.1, 0.15) is 28.4 Å². The Morgan fingerprint density at radius 1 is 1.14 bits per heavy atom. The van der Waals surface area contributed by atoms with Crippen LogP contribution in [-0.2, 0) is 13.0 Å². The first-order valence-electron chi connectivity index (χ1n) is 9.51. The predicted octanol–water partition coefficient (Wildman–Crippen LogP) is 4.28. The quantitative estimate of drug-likeness (QED) is 0.647. The third-order valence-electron chi connectivity index (χ3n) is 4.64. The number of nitrogens with zero attached hydrogens (tertiary/aromatic N) is 3. The zero-order valence-electron chi connectivity index (χ0n) is 17.2. The van der Waals surface area contributed by atoms with Crippen LogP contribution in [0, 0.1) is 20.8 Å². The maximum Gasteiger partial charge on any atom is 0.321 e. The fraction of sp³-hybridized carbons (Fsp3) is 0.318. The van der Waals surface area contributed by atoms with Crippen LogP contribution in [0.3, 0.4) is 0 Å². The van der Waals surface area contributed by atoms with Crippen molar-refractivity contribution in [2.24, 2.45) is 0 Å². The zero-order valence-corrected chi connectivity index (χ0v) is 17.2. The van der Waals surface area contributed by atoms with Crippen molar-refractivity contribution < 1.29 is 14.1 Å². The van der Waals surface area contributed by atoms with E-state index < -0.39 is 0 Å². The second kappa shape index (κ2) is 9.23. The van der Waals surface area contributed by atoms with Gasteiger partial charge in [-0.1, -0.05) is 23.4 Å². The second-order valence-electron chi connectivity index (χ2n) is 7.11. The highest BCUT2D eigenvalue weighted by molar-refractivity contribution is 5.89. The lowest BCUT2D eigenvalue weighted by Gasteiger charge is -2.17. The van der Waals surface area contributed by atoms with Gasteiger partial charge in [-0.2, -0.15) is 4.98 Å². The van der Waals surface area contributed by atoms with E-state index in [1.54, 1.807) is 11.9 Å². The smallest absolute Gasteiger partial charge is 0.321 e. The van der Waals surface area contributed by atoms with Crippen LogP contribution < -0.4 is 10.1 Å². The summed E-state index contributed by atoms with van der Waals surface area (Å²) in [4.78, 5) is 18.2. The van der Waals surface area contributed by atoms with Crippen LogP contribution in [-0.4, -0.2) is 34.7 Å². The van der Waals surface area contributed by atoms with Crippen molar-refractivity contribution in [1.82, 2.24) is 15.0 Å². The molecular weight excluding hydrogens is 368 g/mol. The Balaban J connectivity index is 1.46. The molecule has 2 amide bonds. The molecule has 1 heterocycles. The van der Waals surface area contributed by atoms with E-state index in [0.717, 1.165) is 17.0 Å². The first-order chi connectivity index (χ1) is 13.9. The number of carbonyl (C=O) groups is 1. The Bertz CT molecular complexity index is 984. The molecular formula is C22H26N4O3. The molecule has 7 heteroatoms. The highest BCUT2D eigenvalue weighted by Gasteiger charge is 2.12. The summed E-state index contributed by atoms with van der Waals surface area (Å²) in [6.07, 6.45) is 0.491. The lowest BCUT2D eigenvalue weighted by molar-refractivity contribution is 0.222. The van der Waals surface area contributed by atoms with E-state index >= 15 is 0 Å². The van der Waals surface area contributed by atoms with Gasteiger partial charge in [0.1, 0.15) is 5.75 Å². The van der Waals surface area contributed by atoms with Crippen LogP contribution in [0.25, 0.3) is 0 Å². The van der Waals surface area contributed by atoms with Gasteiger partial charge in [-0.25, -0.2) is 4.79 Å². The van der Waals surface area contributed by atoms with E-state index in [0.29, 0.717) is 24.7 Å². The molecule has 0 radical (unpaired) electrons. The molecule has 1 aromatic heterocycles. The summed E-state index contributed by atoms with van der Waals surface area (Å²) in [6, 6.07) is 13.4. The molecule has 2 aromatic carbocycles. The summed E-state index contributed by atoms with van der Waals surface area (Å²) in [7, 11) is 1.73. The van der Waals surface area contributed by atoms with Crippen LogP contribution in [0.2, 0.25) is 0 Å². The van der Waals surface area contributed by atoms with Gasteiger partial charge < -0.3 is 19.5 Å². The minimum atomic E-state index is -0.183. The molecule has 7 nitrogen and oxygen atoms in total. The van der Waals surface area contributed by atoms with Crippen molar-refractivity contribution in [2.75, 3.05) is 18.9 Å². The average molecular weight is 394 g/mol. The molecule has 0 aliphatic heterocycles. The number of rotatable bonds is 7. The van der Waals surface area contributed by atoms with Gasteiger partial charge in [-0.05, 0) is 61.7 Å². The van der Waals surface area contributed by atoms with Gasteiger partial charge in [-0.15, -0.1) is 0 Å².